The molecule has 1 amide bonds. The summed E-state index contributed by atoms with van der Waals surface area (Å²) in [5.74, 6) is -1.11. The minimum atomic E-state index is -4.16. The van der Waals surface area contributed by atoms with Crippen molar-refractivity contribution < 1.29 is 37.0 Å². The van der Waals surface area contributed by atoms with Crippen LogP contribution in [-0.2, 0) is 21.2 Å². The van der Waals surface area contributed by atoms with Crippen LogP contribution in [-0.4, -0.2) is 51.7 Å². The van der Waals surface area contributed by atoms with Gasteiger partial charge >= 0.3 is 5.97 Å². The van der Waals surface area contributed by atoms with E-state index in [1.165, 1.54) is 43.5 Å². The Balaban J connectivity index is 1.33. The van der Waals surface area contributed by atoms with Gasteiger partial charge in [0, 0.05) is 18.1 Å². The van der Waals surface area contributed by atoms with Gasteiger partial charge in [-0.25, -0.2) is 17.6 Å². The van der Waals surface area contributed by atoms with Gasteiger partial charge in [0.15, 0.2) is 0 Å². The number of aromatic carboxylic acids is 1. The summed E-state index contributed by atoms with van der Waals surface area (Å²) in [5.41, 5.74) is 3.87. The van der Waals surface area contributed by atoms with Crippen molar-refractivity contribution in [2.45, 2.75) is 31.2 Å². The molecule has 1 heterocycles. The van der Waals surface area contributed by atoms with Crippen LogP contribution in [0.4, 0.5) is 10.1 Å². The second-order valence-corrected chi connectivity index (χ2v) is 12.2. The number of sulfonamides is 1. The second kappa shape index (κ2) is 12.4. The van der Waals surface area contributed by atoms with E-state index in [1.807, 2.05) is 0 Å². The number of ether oxygens (including phenoxy) is 2. The van der Waals surface area contributed by atoms with Crippen molar-refractivity contribution in [2.24, 2.45) is 0 Å². The molecule has 0 unspecified atom stereocenters. The third-order valence-corrected chi connectivity index (χ3v) is 9.31. The largest absolute Gasteiger partial charge is 0.496 e. The van der Waals surface area contributed by atoms with Gasteiger partial charge in [0.25, 0.3) is 10.0 Å². The van der Waals surface area contributed by atoms with Gasteiger partial charge < -0.3 is 19.9 Å². The number of hydrogen-bond donors (Lipinski definition) is 2. The predicted molar refractivity (Wildman–Crippen MR) is 163 cm³/mol. The number of methoxy groups -OCH3 is 1. The van der Waals surface area contributed by atoms with Crippen molar-refractivity contribution in [1.82, 2.24) is 5.32 Å². The lowest BCUT2D eigenvalue weighted by Gasteiger charge is -2.26. The van der Waals surface area contributed by atoms with Crippen LogP contribution in [0.5, 0.6) is 11.5 Å². The van der Waals surface area contributed by atoms with E-state index >= 15 is 0 Å². The van der Waals surface area contributed by atoms with E-state index in [2.05, 4.69) is 5.32 Å². The second-order valence-electron chi connectivity index (χ2n) is 10.4. The lowest BCUT2D eigenvalue weighted by atomic mass is 10.0. The predicted octanol–water partition coefficient (Wildman–Crippen LogP) is 5.13. The molecule has 2 N–H and O–H groups in total. The number of hydrogen-bond acceptors (Lipinski definition) is 6. The van der Waals surface area contributed by atoms with Crippen molar-refractivity contribution in [3.63, 3.8) is 0 Å². The Hall–Kier alpha value is -4.90. The first-order valence-corrected chi connectivity index (χ1v) is 15.3. The maximum absolute atomic E-state index is 14.0. The summed E-state index contributed by atoms with van der Waals surface area (Å²) in [6.07, 6.45) is 0.196. The molecule has 0 spiro atoms. The quantitative estimate of drug-likeness (QED) is 0.236. The van der Waals surface area contributed by atoms with Crippen LogP contribution in [0.2, 0.25) is 0 Å². The Kier molecular flexibility index (Phi) is 8.59. The van der Waals surface area contributed by atoms with Gasteiger partial charge in [-0.2, -0.15) is 0 Å². The number of aryl methyl sites for hydroxylation is 2. The Morgan fingerprint density at radius 1 is 1.00 bits per heavy atom. The SMILES string of the molecule is COc1cc(F)ccc1-c1ccc(S(=O)(=O)N2c3ccccc3C[C@H]2C(=O)NCCOc2c(C)cc(C(=O)O)cc2C)cc1. The molecular weight excluding hydrogens is 587 g/mol. The lowest BCUT2D eigenvalue weighted by molar-refractivity contribution is -0.122. The Morgan fingerprint density at radius 2 is 1.68 bits per heavy atom. The number of carboxylic acids is 1. The van der Waals surface area contributed by atoms with Crippen LogP contribution in [0.1, 0.15) is 27.0 Å². The first-order valence-electron chi connectivity index (χ1n) is 13.8. The summed E-state index contributed by atoms with van der Waals surface area (Å²) in [6, 6.07) is 19.3. The summed E-state index contributed by atoms with van der Waals surface area (Å²) in [4.78, 5) is 24.7. The fourth-order valence-electron chi connectivity index (χ4n) is 5.42. The number of halogens is 1. The Labute approximate surface area is 254 Å². The zero-order chi connectivity index (χ0) is 31.6. The van der Waals surface area contributed by atoms with Crippen LogP contribution in [0, 0.1) is 19.7 Å². The number of para-hydroxylation sites is 1. The summed E-state index contributed by atoms with van der Waals surface area (Å²) < 4.78 is 54.0. The molecule has 0 fully saturated rings. The number of anilines is 1. The third kappa shape index (κ3) is 5.96. The molecule has 228 valence electrons. The summed E-state index contributed by atoms with van der Waals surface area (Å²) >= 11 is 0. The number of carboxylic acid groups (broad SMARTS) is 1. The molecule has 4 aromatic rings. The molecule has 1 aliphatic rings. The number of rotatable bonds is 10. The first-order chi connectivity index (χ1) is 21.0. The minimum absolute atomic E-state index is 0.00377. The highest BCUT2D eigenvalue weighted by molar-refractivity contribution is 7.93. The molecule has 0 saturated heterocycles. The zero-order valence-electron chi connectivity index (χ0n) is 24.3. The topological polar surface area (TPSA) is 122 Å². The Bertz CT molecular complexity index is 1820. The highest BCUT2D eigenvalue weighted by Crippen LogP contribution is 2.38. The normalized spacial score (nSPS) is 14.2. The van der Waals surface area contributed by atoms with Crippen LogP contribution in [0.15, 0.2) is 83.8 Å². The molecule has 1 aliphatic heterocycles. The van der Waals surface area contributed by atoms with Gasteiger partial charge in [0.1, 0.15) is 30.0 Å². The van der Waals surface area contributed by atoms with Crippen LogP contribution in [0.3, 0.4) is 0 Å². The lowest BCUT2D eigenvalue weighted by Crippen LogP contribution is -2.48. The molecule has 0 aromatic heterocycles. The molecule has 0 radical (unpaired) electrons. The number of carbonyl (C=O) groups is 2. The van der Waals surface area contributed by atoms with E-state index in [1.54, 1.807) is 56.3 Å². The van der Waals surface area contributed by atoms with E-state index in [0.29, 0.717) is 39.4 Å². The van der Waals surface area contributed by atoms with Crippen LogP contribution >= 0.6 is 0 Å². The van der Waals surface area contributed by atoms with Gasteiger partial charge in [-0.05, 0) is 78.6 Å². The molecule has 1 atom stereocenters. The molecule has 0 aliphatic carbocycles. The van der Waals surface area contributed by atoms with Gasteiger partial charge in [0.05, 0.1) is 29.8 Å². The van der Waals surface area contributed by atoms with Gasteiger partial charge in [-0.15, -0.1) is 0 Å². The monoisotopic (exact) mass is 618 g/mol. The van der Waals surface area contributed by atoms with Crippen molar-refractivity contribution in [3.8, 4) is 22.6 Å². The summed E-state index contributed by atoms with van der Waals surface area (Å²) in [7, 11) is -2.73. The third-order valence-electron chi connectivity index (χ3n) is 7.47. The fraction of sp³-hybridized carbons (Fsp3) is 0.212. The molecule has 5 rings (SSSR count). The van der Waals surface area contributed by atoms with E-state index in [9.17, 15) is 27.5 Å². The summed E-state index contributed by atoms with van der Waals surface area (Å²) in [5, 5.41) is 12.0. The van der Waals surface area contributed by atoms with E-state index in [0.717, 1.165) is 9.87 Å². The standard InChI is InChI=1S/C33H31FN2O7S/c1-20-16-24(33(38)39)17-21(2)31(20)43-15-14-35-32(37)29-18-23-6-4-5-7-28(23)36(29)44(40,41)26-11-8-22(9-12-26)27-13-10-25(34)19-30(27)42-3/h4-13,16-17,19,29H,14-15,18H2,1-3H3,(H,35,37)(H,38,39)/t29-/m0/s1. The van der Waals surface area contributed by atoms with Gasteiger partial charge in [-0.3, -0.25) is 9.10 Å². The summed E-state index contributed by atoms with van der Waals surface area (Å²) in [6.45, 7) is 3.69. The van der Waals surface area contributed by atoms with E-state index in [4.69, 9.17) is 9.47 Å². The molecular formula is C33H31FN2O7S. The van der Waals surface area contributed by atoms with E-state index < -0.39 is 33.8 Å². The van der Waals surface area contributed by atoms with Crippen molar-refractivity contribution in [1.29, 1.82) is 0 Å². The van der Waals surface area contributed by atoms with E-state index in [-0.39, 0.29) is 30.0 Å². The number of nitrogens with one attached hydrogen (secondary N) is 1. The molecule has 11 heteroatoms. The van der Waals surface area contributed by atoms with Crippen molar-refractivity contribution in [2.75, 3.05) is 24.6 Å². The van der Waals surface area contributed by atoms with Crippen molar-refractivity contribution in [3.05, 3.63) is 107 Å². The van der Waals surface area contributed by atoms with Gasteiger partial charge in [-0.1, -0.05) is 30.3 Å². The Morgan fingerprint density at radius 3 is 2.34 bits per heavy atom. The molecule has 9 nitrogen and oxygen atoms in total. The number of benzene rings is 4. The molecule has 4 aromatic carbocycles. The maximum Gasteiger partial charge on any atom is 0.335 e. The molecule has 44 heavy (non-hydrogen) atoms. The maximum atomic E-state index is 14.0. The average molecular weight is 619 g/mol. The van der Waals surface area contributed by atoms with Crippen LogP contribution < -0.4 is 19.1 Å². The van der Waals surface area contributed by atoms with Crippen LogP contribution in [0.25, 0.3) is 11.1 Å². The minimum Gasteiger partial charge on any atom is -0.496 e. The van der Waals surface area contributed by atoms with Crippen molar-refractivity contribution >= 4 is 27.6 Å². The fourth-order valence-corrected chi connectivity index (χ4v) is 7.07. The number of amides is 1. The highest BCUT2D eigenvalue weighted by Gasteiger charge is 2.42. The van der Waals surface area contributed by atoms with Gasteiger partial charge in [0.2, 0.25) is 5.91 Å². The number of fused-ring (bicyclic) bond motifs is 1. The first kappa shape index (κ1) is 30.6. The highest BCUT2D eigenvalue weighted by atomic mass is 32.2. The molecule has 0 bridgehead atoms. The molecule has 0 saturated carbocycles. The number of nitrogens with zero attached hydrogens (tertiary/aromatic N) is 1. The average Bonchev–Trinajstić information content (AvgIpc) is 3.41. The number of carbonyl (C=O) groups excluding carboxylic acids is 1. The zero-order valence-corrected chi connectivity index (χ0v) is 25.2. The smallest absolute Gasteiger partial charge is 0.335 e.